The number of halogens is 4. The van der Waals surface area contributed by atoms with Gasteiger partial charge in [0.2, 0.25) is 11.8 Å². The van der Waals surface area contributed by atoms with Crippen LogP contribution in [0.2, 0.25) is 5.02 Å². The van der Waals surface area contributed by atoms with E-state index in [1.54, 1.807) is 6.07 Å². The van der Waals surface area contributed by atoms with Crippen molar-refractivity contribution in [2.45, 2.75) is 0 Å². The van der Waals surface area contributed by atoms with Crippen molar-refractivity contribution in [2.75, 3.05) is 10.6 Å². The summed E-state index contributed by atoms with van der Waals surface area (Å²) in [6, 6.07) is 7.66. The predicted molar refractivity (Wildman–Crippen MR) is 101 cm³/mol. The second-order valence-corrected chi connectivity index (χ2v) is 6.51. The Balaban J connectivity index is 1.87. The zero-order chi connectivity index (χ0) is 19.6. The first-order valence-corrected chi connectivity index (χ1v) is 8.46. The summed E-state index contributed by atoms with van der Waals surface area (Å²) in [6.07, 6.45) is 1.27. The number of nitrogens with one attached hydrogen (secondary N) is 2. The zero-order valence-electron chi connectivity index (χ0n) is 13.2. The summed E-state index contributed by atoms with van der Waals surface area (Å²) in [5.74, 6) is -1.34. The van der Waals surface area contributed by atoms with Gasteiger partial charge in [-0.05, 0) is 30.3 Å². The number of rotatable bonds is 5. The fourth-order valence-electron chi connectivity index (χ4n) is 2.09. The van der Waals surface area contributed by atoms with Gasteiger partial charge < -0.3 is 10.6 Å². The van der Waals surface area contributed by atoms with Crippen LogP contribution < -0.4 is 10.6 Å². The molecule has 0 aliphatic carbocycles. The molecule has 0 unspecified atom stereocenters. The molecule has 7 nitrogen and oxygen atoms in total. The molecule has 2 aromatic carbocycles. The fourth-order valence-corrected chi connectivity index (χ4v) is 2.56. The van der Waals surface area contributed by atoms with Gasteiger partial charge in [0, 0.05) is 16.2 Å². The summed E-state index contributed by atoms with van der Waals surface area (Å²) in [5, 5.41) is 16.4. The van der Waals surface area contributed by atoms with Crippen molar-refractivity contribution >= 4 is 56.4 Å². The maximum atomic E-state index is 14.0. The minimum Gasteiger partial charge on any atom is -0.336 e. The van der Waals surface area contributed by atoms with Gasteiger partial charge in [0.05, 0.1) is 16.8 Å². The van der Waals surface area contributed by atoms with Gasteiger partial charge in [-0.15, -0.1) is 0 Å². The van der Waals surface area contributed by atoms with Gasteiger partial charge in [-0.3, -0.25) is 10.1 Å². The second kappa shape index (κ2) is 7.80. The van der Waals surface area contributed by atoms with Gasteiger partial charge in [-0.1, -0.05) is 27.5 Å². The van der Waals surface area contributed by atoms with Crippen LogP contribution in [0.4, 0.5) is 37.6 Å². The standard InChI is InChI=1S/C16H9BrClF2N5O2/c17-8-1-4-13(12(20)5-8)23-15-10(18)7-21-16(24-15)22-9-2-3-11(19)14(6-9)25(26)27/h1-7H,(H2,21,22,23,24). The van der Waals surface area contributed by atoms with Crippen LogP contribution >= 0.6 is 27.5 Å². The molecule has 0 fully saturated rings. The third-order valence-electron chi connectivity index (χ3n) is 3.33. The molecule has 3 rings (SSSR count). The number of nitrogens with zero attached hydrogens (tertiary/aromatic N) is 3. The third-order valence-corrected chi connectivity index (χ3v) is 4.10. The summed E-state index contributed by atoms with van der Waals surface area (Å²) >= 11 is 9.20. The van der Waals surface area contributed by atoms with Gasteiger partial charge >= 0.3 is 5.69 Å². The van der Waals surface area contributed by atoms with Gasteiger partial charge in [0.1, 0.15) is 10.8 Å². The third kappa shape index (κ3) is 4.47. The molecular formula is C16H9BrClF2N5O2. The molecule has 27 heavy (non-hydrogen) atoms. The molecule has 0 saturated heterocycles. The van der Waals surface area contributed by atoms with Crippen LogP contribution in [-0.4, -0.2) is 14.9 Å². The lowest BCUT2D eigenvalue weighted by atomic mass is 10.2. The highest BCUT2D eigenvalue weighted by Gasteiger charge is 2.15. The normalized spacial score (nSPS) is 10.5. The van der Waals surface area contributed by atoms with Crippen LogP contribution in [0.5, 0.6) is 0 Å². The maximum Gasteiger partial charge on any atom is 0.306 e. The van der Waals surface area contributed by atoms with Gasteiger partial charge in [-0.2, -0.15) is 9.37 Å². The number of hydrogen-bond acceptors (Lipinski definition) is 6. The van der Waals surface area contributed by atoms with E-state index in [9.17, 15) is 18.9 Å². The average Bonchev–Trinajstić information content (AvgIpc) is 2.61. The molecule has 0 saturated carbocycles. The molecule has 0 aliphatic heterocycles. The van der Waals surface area contributed by atoms with Crippen LogP contribution in [0, 0.1) is 21.7 Å². The van der Waals surface area contributed by atoms with E-state index >= 15 is 0 Å². The highest BCUT2D eigenvalue weighted by molar-refractivity contribution is 9.10. The van der Waals surface area contributed by atoms with Crippen LogP contribution in [0.3, 0.4) is 0 Å². The highest BCUT2D eigenvalue weighted by Crippen LogP contribution is 2.28. The van der Waals surface area contributed by atoms with E-state index in [2.05, 4.69) is 36.5 Å². The van der Waals surface area contributed by atoms with E-state index < -0.39 is 22.2 Å². The van der Waals surface area contributed by atoms with Crippen molar-refractivity contribution < 1.29 is 13.7 Å². The van der Waals surface area contributed by atoms with E-state index in [1.807, 2.05) is 0 Å². The Labute approximate surface area is 164 Å². The Morgan fingerprint density at radius 1 is 1.11 bits per heavy atom. The maximum absolute atomic E-state index is 14.0. The number of benzene rings is 2. The Morgan fingerprint density at radius 3 is 2.59 bits per heavy atom. The summed E-state index contributed by atoms with van der Waals surface area (Å²) in [4.78, 5) is 18.1. The van der Waals surface area contributed by atoms with E-state index in [-0.39, 0.29) is 28.2 Å². The van der Waals surface area contributed by atoms with E-state index in [0.717, 1.165) is 12.1 Å². The minimum absolute atomic E-state index is 0.0281. The molecule has 11 heteroatoms. The Hall–Kier alpha value is -2.85. The SMILES string of the molecule is O=[N+]([O-])c1cc(Nc2ncc(Cl)c(Nc3ccc(Br)cc3F)n2)ccc1F. The zero-order valence-corrected chi connectivity index (χ0v) is 15.6. The Kier molecular flexibility index (Phi) is 5.47. The molecule has 0 aliphatic rings. The van der Waals surface area contributed by atoms with Crippen molar-refractivity contribution in [3.8, 4) is 0 Å². The highest BCUT2D eigenvalue weighted by atomic mass is 79.9. The van der Waals surface area contributed by atoms with Crippen molar-refractivity contribution in [3.63, 3.8) is 0 Å². The van der Waals surface area contributed by atoms with Crippen molar-refractivity contribution in [3.05, 3.63) is 73.8 Å². The van der Waals surface area contributed by atoms with Crippen LogP contribution in [0.15, 0.2) is 47.1 Å². The fraction of sp³-hybridized carbons (Fsp3) is 0. The molecule has 2 N–H and O–H groups in total. The molecular weight excluding hydrogens is 448 g/mol. The first-order chi connectivity index (χ1) is 12.8. The number of anilines is 4. The number of hydrogen-bond donors (Lipinski definition) is 2. The molecule has 0 atom stereocenters. The molecule has 1 heterocycles. The molecule has 0 bridgehead atoms. The lowest BCUT2D eigenvalue weighted by Crippen LogP contribution is -2.03. The first-order valence-electron chi connectivity index (χ1n) is 7.29. The predicted octanol–water partition coefficient (Wildman–Crippen LogP) is 5.57. The van der Waals surface area contributed by atoms with Crippen molar-refractivity contribution in [1.82, 2.24) is 9.97 Å². The quantitative estimate of drug-likeness (QED) is 0.385. The van der Waals surface area contributed by atoms with Gasteiger partial charge in [0.25, 0.3) is 0 Å². The van der Waals surface area contributed by atoms with E-state index in [0.29, 0.717) is 4.47 Å². The molecule has 0 radical (unpaired) electrons. The second-order valence-electron chi connectivity index (χ2n) is 5.19. The van der Waals surface area contributed by atoms with E-state index in [1.165, 1.54) is 24.4 Å². The van der Waals surface area contributed by atoms with Crippen LogP contribution in [-0.2, 0) is 0 Å². The lowest BCUT2D eigenvalue weighted by Gasteiger charge is -2.11. The van der Waals surface area contributed by atoms with Gasteiger partial charge in [-0.25, -0.2) is 9.37 Å². The summed E-state index contributed by atoms with van der Waals surface area (Å²) in [6.45, 7) is 0. The monoisotopic (exact) mass is 455 g/mol. The number of nitro benzene ring substituents is 1. The molecule has 3 aromatic rings. The Morgan fingerprint density at radius 2 is 1.89 bits per heavy atom. The molecule has 1 aromatic heterocycles. The van der Waals surface area contributed by atoms with Gasteiger partial charge in [0.15, 0.2) is 5.82 Å². The molecule has 0 amide bonds. The van der Waals surface area contributed by atoms with Crippen molar-refractivity contribution in [2.24, 2.45) is 0 Å². The topological polar surface area (TPSA) is 93.0 Å². The summed E-state index contributed by atoms with van der Waals surface area (Å²) < 4.78 is 28.0. The number of nitro groups is 1. The Bertz CT molecular complexity index is 1040. The summed E-state index contributed by atoms with van der Waals surface area (Å²) in [7, 11) is 0. The first kappa shape index (κ1) is 18.9. The van der Waals surface area contributed by atoms with Crippen LogP contribution in [0.25, 0.3) is 0 Å². The minimum atomic E-state index is -0.962. The number of aromatic nitrogens is 2. The largest absolute Gasteiger partial charge is 0.336 e. The average molecular weight is 457 g/mol. The van der Waals surface area contributed by atoms with Crippen molar-refractivity contribution in [1.29, 1.82) is 0 Å². The molecule has 0 spiro atoms. The molecule has 138 valence electrons. The summed E-state index contributed by atoms with van der Waals surface area (Å²) in [5.41, 5.74) is -0.349. The van der Waals surface area contributed by atoms with E-state index in [4.69, 9.17) is 11.6 Å². The smallest absolute Gasteiger partial charge is 0.306 e. The van der Waals surface area contributed by atoms with Crippen LogP contribution in [0.1, 0.15) is 0 Å². The lowest BCUT2D eigenvalue weighted by molar-refractivity contribution is -0.387.